The second-order valence-corrected chi connectivity index (χ2v) is 22.5. The number of hydrogen-bond donors (Lipinski definition) is 3. The molecule has 17 nitrogen and oxygen atoms in total. The maximum Gasteiger partial charge on any atom is 0.269 e. The molecule has 3 N–H and O–H groups in total. The zero-order chi connectivity index (χ0) is 42.8. The molecule has 8 rings (SSSR count). The van der Waals surface area contributed by atoms with Crippen molar-refractivity contribution in [3.05, 3.63) is 67.0 Å². The minimum atomic E-state index is -4.83. The fourth-order valence-corrected chi connectivity index (χ4v) is 15.1. The number of rotatable bonds is 12. The molecule has 324 valence electrons. The fraction of sp³-hybridized carbons (Fsp3) is 0.550. The number of hydrogen-bond acceptors (Lipinski definition) is 13. The SMILES string of the molecule is Cc1ccc(S(=O)(=O)n2ccc3c(N(C)[C@H]4CC[C@H](C(C5N(S(=O)(=O)C[C@H]6CC[C@H](N(C)c7ncnc8[nH]ccc78)CC6)CCC5(C)O)S(=O)(=O)O)CC4)ncnc32)cc1. The van der Waals surface area contributed by atoms with Crippen LogP contribution in [0.4, 0.5) is 11.6 Å². The van der Waals surface area contributed by atoms with Gasteiger partial charge in [-0.05, 0) is 108 Å². The summed E-state index contributed by atoms with van der Waals surface area (Å²) in [4.78, 5) is 24.9. The third-order valence-electron chi connectivity index (χ3n) is 13.4. The minimum Gasteiger partial charge on any atom is -0.388 e. The van der Waals surface area contributed by atoms with Gasteiger partial charge in [-0.1, -0.05) is 17.7 Å². The van der Waals surface area contributed by atoms with E-state index in [0.717, 1.165) is 39.2 Å². The molecule has 3 unspecified atom stereocenters. The molecule has 4 aromatic heterocycles. The molecule has 0 amide bonds. The number of aromatic nitrogens is 6. The van der Waals surface area contributed by atoms with Crippen LogP contribution in [0, 0.1) is 18.8 Å². The molecule has 3 aliphatic rings. The predicted octanol–water partition coefficient (Wildman–Crippen LogP) is 4.35. The smallest absolute Gasteiger partial charge is 0.269 e. The Labute approximate surface area is 351 Å². The molecule has 0 bridgehead atoms. The number of nitrogens with zero attached hydrogens (tertiary/aromatic N) is 8. The summed E-state index contributed by atoms with van der Waals surface area (Å²) in [6, 6.07) is 8.82. The van der Waals surface area contributed by atoms with Crippen LogP contribution in [0.3, 0.4) is 0 Å². The van der Waals surface area contributed by atoms with Gasteiger partial charge in [0, 0.05) is 45.1 Å². The summed E-state index contributed by atoms with van der Waals surface area (Å²) >= 11 is 0. The Balaban J connectivity index is 0.952. The normalized spacial score (nSPS) is 26.4. The van der Waals surface area contributed by atoms with Gasteiger partial charge in [0.05, 0.1) is 33.1 Å². The molecule has 5 aromatic rings. The molecule has 3 atom stereocenters. The molecular formula is C40H53N9O8S3. The van der Waals surface area contributed by atoms with Gasteiger partial charge in [-0.15, -0.1) is 0 Å². The Morgan fingerprint density at radius 2 is 1.42 bits per heavy atom. The van der Waals surface area contributed by atoms with Gasteiger partial charge in [0.1, 0.15) is 35.2 Å². The Morgan fingerprint density at radius 1 is 0.817 bits per heavy atom. The summed E-state index contributed by atoms with van der Waals surface area (Å²) in [6.07, 6.45) is 10.6. The predicted molar refractivity (Wildman–Crippen MR) is 228 cm³/mol. The minimum absolute atomic E-state index is 0.0358. The van der Waals surface area contributed by atoms with Crippen molar-refractivity contribution < 1.29 is 34.9 Å². The highest BCUT2D eigenvalue weighted by Crippen LogP contribution is 2.44. The Bertz CT molecular complexity index is 2690. The third kappa shape index (κ3) is 7.90. The maximum absolute atomic E-state index is 14.3. The maximum atomic E-state index is 14.3. The molecule has 1 aromatic carbocycles. The van der Waals surface area contributed by atoms with E-state index in [1.807, 2.05) is 38.2 Å². The third-order valence-corrected chi connectivity index (χ3v) is 18.4. The number of anilines is 2. The first-order valence-electron chi connectivity index (χ1n) is 20.4. The van der Waals surface area contributed by atoms with Crippen molar-refractivity contribution >= 4 is 63.9 Å². The van der Waals surface area contributed by atoms with Gasteiger partial charge in [-0.3, -0.25) is 4.55 Å². The highest BCUT2D eigenvalue weighted by Gasteiger charge is 2.57. The first kappa shape index (κ1) is 42.5. The van der Waals surface area contributed by atoms with Crippen molar-refractivity contribution in [3.63, 3.8) is 0 Å². The Kier molecular flexibility index (Phi) is 11.3. The molecule has 2 saturated carbocycles. The van der Waals surface area contributed by atoms with Gasteiger partial charge in [-0.2, -0.15) is 12.7 Å². The van der Waals surface area contributed by atoms with Crippen molar-refractivity contribution in [1.82, 2.24) is 33.2 Å². The van der Waals surface area contributed by atoms with Crippen LogP contribution in [0.15, 0.2) is 66.3 Å². The van der Waals surface area contributed by atoms with E-state index in [1.54, 1.807) is 30.3 Å². The quantitative estimate of drug-likeness (QED) is 0.148. The topological polar surface area (TPSA) is 225 Å². The average molecular weight is 884 g/mol. The number of nitrogens with one attached hydrogen (secondary N) is 1. The van der Waals surface area contributed by atoms with Crippen LogP contribution in [0.5, 0.6) is 0 Å². The summed E-state index contributed by atoms with van der Waals surface area (Å²) < 4.78 is 95.6. The largest absolute Gasteiger partial charge is 0.388 e. The molecule has 60 heavy (non-hydrogen) atoms. The summed E-state index contributed by atoms with van der Waals surface area (Å²) in [5.41, 5.74) is 0.204. The van der Waals surface area contributed by atoms with E-state index in [2.05, 4.69) is 29.8 Å². The van der Waals surface area contributed by atoms with Crippen molar-refractivity contribution in [3.8, 4) is 0 Å². The molecular weight excluding hydrogens is 831 g/mol. The number of aryl methyl sites for hydroxylation is 1. The van der Waals surface area contributed by atoms with E-state index in [4.69, 9.17) is 0 Å². The van der Waals surface area contributed by atoms with Crippen LogP contribution in [0.1, 0.15) is 70.3 Å². The molecule has 1 aliphatic heterocycles. The number of H-pyrrole nitrogens is 1. The van der Waals surface area contributed by atoms with E-state index in [1.165, 1.54) is 30.1 Å². The molecule has 2 aliphatic carbocycles. The summed E-state index contributed by atoms with van der Waals surface area (Å²) in [5.74, 6) is 0.345. The summed E-state index contributed by atoms with van der Waals surface area (Å²) in [6.45, 7) is 3.29. The highest BCUT2D eigenvalue weighted by atomic mass is 32.2. The lowest BCUT2D eigenvalue weighted by Crippen LogP contribution is -2.58. The molecule has 20 heteroatoms. The van der Waals surface area contributed by atoms with Crippen molar-refractivity contribution in [2.24, 2.45) is 11.8 Å². The van der Waals surface area contributed by atoms with E-state index < -0.39 is 53.0 Å². The van der Waals surface area contributed by atoms with Gasteiger partial charge in [0.15, 0.2) is 5.65 Å². The Morgan fingerprint density at radius 3 is 2.05 bits per heavy atom. The van der Waals surface area contributed by atoms with Gasteiger partial charge in [-0.25, -0.2) is 40.7 Å². The van der Waals surface area contributed by atoms with Crippen molar-refractivity contribution in [1.29, 1.82) is 0 Å². The van der Waals surface area contributed by atoms with Crippen LogP contribution in [0.2, 0.25) is 0 Å². The highest BCUT2D eigenvalue weighted by molar-refractivity contribution is 7.90. The van der Waals surface area contributed by atoms with E-state index >= 15 is 0 Å². The van der Waals surface area contributed by atoms with Crippen LogP contribution >= 0.6 is 0 Å². The van der Waals surface area contributed by atoms with Gasteiger partial charge in [0.2, 0.25) is 10.0 Å². The second-order valence-electron chi connectivity index (χ2n) is 17.2. The lowest BCUT2D eigenvalue weighted by Gasteiger charge is -2.43. The first-order valence-corrected chi connectivity index (χ1v) is 25.0. The Hall–Kier alpha value is -4.21. The van der Waals surface area contributed by atoms with Crippen LogP contribution in [-0.4, -0.2) is 123 Å². The van der Waals surface area contributed by atoms with Crippen LogP contribution in [-0.2, 0) is 30.2 Å². The number of fused-ring (bicyclic) bond motifs is 2. The van der Waals surface area contributed by atoms with E-state index in [9.17, 15) is 34.9 Å². The monoisotopic (exact) mass is 883 g/mol. The van der Waals surface area contributed by atoms with E-state index in [-0.39, 0.29) is 47.3 Å². The number of benzene rings is 1. The van der Waals surface area contributed by atoms with E-state index in [0.29, 0.717) is 49.7 Å². The molecule has 0 spiro atoms. The lowest BCUT2D eigenvalue weighted by molar-refractivity contribution is 0.0231. The molecule has 3 fully saturated rings. The zero-order valence-electron chi connectivity index (χ0n) is 34.2. The number of aliphatic hydroxyl groups is 1. The zero-order valence-corrected chi connectivity index (χ0v) is 36.6. The molecule has 1 saturated heterocycles. The van der Waals surface area contributed by atoms with Gasteiger partial charge in [0.25, 0.3) is 20.1 Å². The molecule has 0 radical (unpaired) electrons. The fourth-order valence-electron chi connectivity index (χ4n) is 10.0. The summed E-state index contributed by atoms with van der Waals surface area (Å²) in [5, 5.41) is 11.6. The lowest BCUT2D eigenvalue weighted by atomic mass is 9.79. The second kappa shape index (κ2) is 15.9. The number of sulfonamides is 1. The standard InChI is InChI=1S/C40H53N9O8S3/c1-26-5-15-31(16-6-26)59(53,54)49-21-18-33-38(44-25-45-39(33)49)47(4)30-13-9-28(10-14-30)34(60(55,56)57)35-40(2,50)19-22-48(35)58(51,52)23-27-7-11-29(12-8-27)46(3)37-32-17-20-41-36(32)42-24-43-37/h5-6,15-18,20-21,24-25,27-30,34-35,50H,7-14,19,22-23H2,1-4H3,(H,41,42,43)(H,55,56,57)/t27-,28-,29-,30-,34?,35?,40?. The number of aromatic amines is 1. The van der Waals surface area contributed by atoms with Gasteiger partial charge < -0.3 is 19.9 Å². The summed E-state index contributed by atoms with van der Waals surface area (Å²) in [7, 11) is -9.00. The van der Waals surface area contributed by atoms with Crippen molar-refractivity contribution in [2.45, 2.75) is 106 Å². The molecule has 5 heterocycles. The average Bonchev–Trinajstić information content (AvgIpc) is 3.95. The van der Waals surface area contributed by atoms with Gasteiger partial charge >= 0.3 is 0 Å². The van der Waals surface area contributed by atoms with Crippen molar-refractivity contribution in [2.75, 3.05) is 36.2 Å². The van der Waals surface area contributed by atoms with Crippen LogP contribution in [0.25, 0.3) is 22.1 Å². The van der Waals surface area contributed by atoms with Crippen LogP contribution < -0.4 is 9.80 Å². The first-order chi connectivity index (χ1) is 28.4.